The molecule has 0 aliphatic carbocycles. The van der Waals surface area contributed by atoms with Gasteiger partial charge in [-0.15, -0.1) is 0 Å². The van der Waals surface area contributed by atoms with Gasteiger partial charge in [0.25, 0.3) is 0 Å². The van der Waals surface area contributed by atoms with Crippen LogP contribution in [0.3, 0.4) is 0 Å². The van der Waals surface area contributed by atoms with Gasteiger partial charge in [-0.3, -0.25) is 4.90 Å². The van der Waals surface area contributed by atoms with Gasteiger partial charge in [-0.05, 0) is 31.2 Å². The van der Waals surface area contributed by atoms with Crippen LogP contribution in [-0.2, 0) is 4.74 Å². The van der Waals surface area contributed by atoms with E-state index >= 15 is 0 Å². The summed E-state index contributed by atoms with van der Waals surface area (Å²) in [5, 5.41) is 0. The standard InChI is InChI=1S/C15H24N2O3/c1-17(12-6-7-20-10-12)13(9-16)11-4-5-14(18-2)15(8-11)19-3/h4-5,8,12-13H,6-7,9-10,16H2,1-3H3. The average molecular weight is 280 g/mol. The van der Waals surface area contributed by atoms with Crippen LogP contribution in [0.5, 0.6) is 11.5 Å². The zero-order valence-corrected chi connectivity index (χ0v) is 12.5. The lowest BCUT2D eigenvalue weighted by Crippen LogP contribution is -2.38. The first kappa shape index (κ1) is 15.1. The summed E-state index contributed by atoms with van der Waals surface area (Å²) >= 11 is 0. The number of benzene rings is 1. The van der Waals surface area contributed by atoms with Crippen LogP contribution in [-0.4, -0.2) is 52.0 Å². The molecule has 2 atom stereocenters. The van der Waals surface area contributed by atoms with E-state index in [1.165, 1.54) is 0 Å². The van der Waals surface area contributed by atoms with Crippen molar-refractivity contribution >= 4 is 0 Å². The van der Waals surface area contributed by atoms with Gasteiger partial charge in [0.15, 0.2) is 11.5 Å². The maximum atomic E-state index is 5.98. The smallest absolute Gasteiger partial charge is 0.161 e. The molecule has 20 heavy (non-hydrogen) atoms. The van der Waals surface area contributed by atoms with E-state index in [1.54, 1.807) is 14.2 Å². The van der Waals surface area contributed by atoms with Crippen molar-refractivity contribution in [2.45, 2.75) is 18.5 Å². The lowest BCUT2D eigenvalue weighted by molar-refractivity contribution is 0.134. The highest BCUT2D eigenvalue weighted by atomic mass is 16.5. The average Bonchev–Trinajstić information content (AvgIpc) is 3.01. The molecule has 0 saturated carbocycles. The normalized spacial score (nSPS) is 20.1. The molecular formula is C15H24N2O3. The zero-order valence-electron chi connectivity index (χ0n) is 12.5. The van der Waals surface area contributed by atoms with E-state index in [1.807, 2.05) is 18.2 Å². The van der Waals surface area contributed by atoms with Gasteiger partial charge in [-0.25, -0.2) is 0 Å². The number of nitrogens with two attached hydrogens (primary N) is 1. The second kappa shape index (κ2) is 6.92. The molecule has 0 aromatic heterocycles. The topological polar surface area (TPSA) is 57.0 Å². The number of methoxy groups -OCH3 is 2. The quantitative estimate of drug-likeness (QED) is 0.854. The molecule has 1 saturated heterocycles. The van der Waals surface area contributed by atoms with Crippen LogP contribution in [0.2, 0.25) is 0 Å². The molecule has 0 spiro atoms. The third-order valence-corrected chi connectivity index (χ3v) is 3.99. The summed E-state index contributed by atoms with van der Waals surface area (Å²) < 4.78 is 16.1. The SMILES string of the molecule is COc1ccc(C(CN)N(C)C2CCOC2)cc1OC. The summed E-state index contributed by atoms with van der Waals surface area (Å²) in [5.74, 6) is 1.47. The Hall–Kier alpha value is -1.30. The van der Waals surface area contributed by atoms with Crippen molar-refractivity contribution in [3.63, 3.8) is 0 Å². The molecule has 0 bridgehead atoms. The Bertz CT molecular complexity index is 433. The molecule has 2 unspecified atom stereocenters. The van der Waals surface area contributed by atoms with Crippen molar-refractivity contribution in [2.24, 2.45) is 5.73 Å². The molecule has 1 aromatic rings. The largest absolute Gasteiger partial charge is 0.493 e. The molecule has 5 heteroatoms. The maximum absolute atomic E-state index is 5.98. The molecule has 1 aliphatic rings. The minimum Gasteiger partial charge on any atom is -0.493 e. The Morgan fingerprint density at radius 1 is 1.35 bits per heavy atom. The molecule has 1 heterocycles. The van der Waals surface area contributed by atoms with Crippen LogP contribution in [0.4, 0.5) is 0 Å². The van der Waals surface area contributed by atoms with E-state index in [2.05, 4.69) is 11.9 Å². The lowest BCUT2D eigenvalue weighted by Gasteiger charge is -2.32. The van der Waals surface area contributed by atoms with Crippen LogP contribution in [0.1, 0.15) is 18.0 Å². The number of hydrogen-bond donors (Lipinski definition) is 1. The van der Waals surface area contributed by atoms with Crippen molar-refractivity contribution in [2.75, 3.05) is 41.0 Å². The molecule has 2 rings (SSSR count). The number of hydrogen-bond acceptors (Lipinski definition) is 5. The highest BCUT2D eigenvalue weighted by molar-refractivity contribution is 5.43. The fraction of sp³-hybridized carbons (Fsp3) is 0.600. The fourth-order valence-corrected chi connectivity index (χ4v) is 2.70. The monoisotopic (exact) mass is 280 g/mol. The predicted octanol–water partition coefficient (Wildman–Crippen LogP) is 1.42. The summed E-state index contributed by atoms with van der Waals surface area (Å²) in [6, 6.07) is 6.56. The van der Waals surface area contributed by atoms with Gasteiger partial charge in [0, 0.05) is 25.2 Å². The Morgan fingerprint density at radius 2 is 2.10 bits per heavy atom. The minimum absolute atomic E-state index is 0.154. The number of rotatable bonds is 6. The molecule has 1 aromatic carbocycles. The molecule has 0 amide bonds. The molecule has 2 N–H and O–H groups in total. The molecule has 1 fully saturated rings. The second-order valence-corrected chi connectivity index (χ2v) is 5.05. The van der Waals surface area contributed by atoms with Crippen LogP contribution in [0.25, 0.3) is 0 Å². The third-order valence-electron chi connectivity index (χ3n) is 3.99. The number of nitrogens with zero attached hydrogens (tertiary/aromatic N) is 1. The first-order valence-electron chi connectivity index (χ1n) is 6.93. The van der Waals surface area contributed by atoms with Crippen LogP contribution in [0, 0.1) is 0 Å². The van der Waals surface area contributed by atoms with Gasteiger partial charge < -0.3 is 19.9 Å². The Labute approximate surface area is 120 Å². The summed E-state index contributed by atoms with van der Waals surface area (Å²) in [4.78, 5) is 2.30. The fourth-order valence-electron chi connectivity index (χ4n) is 2.70. The van der Waals surface area contributed by atoms with E-state index in [4.69, 9.17) is 19.9 Å². The molecule has 5 nitrogen and oxygen atoms in total. The third kappa shape index (κ3) is 3.06. The van der Waals surface area contributed by atoms with Crippen molar-refractivity contribution in [1.29, 1.82) is 0 Å². The van der Waals surface area contributed by atoms with Crippen molar-refractivity contribution < 1.29 is 14.2 Å². The first-order chi connectivity index (χ1) is 9.71. The molecule has 0 radical (unpaired) electrons. The number of ether oxygens (including phenoxy) is 3. The molecule has 112 valence electrons. The van der Waals surface area contributed by atoms with Crippen LogP contribution < -0.4 is 15.2 Å². The summed E-state index contributed by atoms with van der Waals surface area (Å²) in [5.41, 5.74) is 7.12. The van der Waals surface area contributed by atoms with Crippen LogP contribution in [0.15, 0.2) is 18.2 Å². The lowest BCUT2D eigenvalue weighted by atomic mass is 10.0. The van der Waals surface area contributed by atoms with E-state index in [0.717, 1.165) is 36.7 Å². The van der Waals surface area contributed by atoms with Crippen LogP contribution >= 0.6 is 0 Å². The highest BCUT2D eigenvalue weighted by Crippen LogP contribution is 2.32. The van der Waals surface area contributed by atoms with Gasteiger partial charge in [0.05, 0.1) is 20.8 Å². The maximum Gasteiger partial charge on any atom is 0.161 e. The minimum atomic E-state index is 0.154. The van der Waals surface area contributed by atoms with Gasteiger partial charge >= 0.3 is 0 Å². The molecule has 1 aliphatic heterocycles. The second-order valence-electron chi connectivity index (χ2n) is 5.05. The van der Waals surface area contributed by atoms with E-state index < -0.39 is 0 Å². The highest BCUT2D eigenvalue weighted by Gasteiger charge is 2.27. The van der Waals surface area contributed by atoms with E-state index in [0.29, 0.717) is 12.6 Å². The van der Waals surface area contributed by atoms with Gasteiger partial charge in [-0.2, -0.15) is 0 Å². The summed E-state index contributed by atoms with van der Waals surface area (Å²) in [7, 11) is 5.39. The van der Waals surface area contributed by atoms with Gasteiger partial charge in [0.1, 0.15) is 0 Å². The zero-order chi connectivity index (χ0) is 14.5. The van der Waals surface area contributed by atoms with E-state index in [9.17, 15) is 0 Å². The summed E-state index contributed by atoms with van der Waals surface area (Å²) in [6.45, 7) is 2.17. The van der Waals surface area contributed by atoms with Crippen molar-refractivity contribution in [3.8, 4) is 11.5 Å². The summed E-state index contributed by atoms with van der Waals surface area (Å²) in [6.07, 6.45) is 1.06. The predicted molar refractivity (Wildman–Crippen MR) is 78.3 cm³/mol. The van der Waals surface area contributed by atoms with Crippen molar-refractivity contribution in [1.82, 2.24) is 4.90 Å². The Kier molecular flexibility index (Phi) is 5.23. The van der Waals surface area contributed by atoms with Gasteiger partial charge in [-0.1, -0.05) is 6.07 Å². The van der Waals surface area contributed by atoms with E-state index in [-0.39, 0.29) is 6.04 Å². The number of likely N-dealkylation sites (N-methyl/N-ethyl adjacent to an activating group) is 1. The Balaban J connectivity index is 2.22. The first-order valence-corrected chi connectivity index (χ1v) is 6.93. The van der Waals surface area contributed by atoms with Crippen molar-refractivity contribution in [3.05, 3.63) is 23.8 Å². The van der Waals surface area contributed by atoms with Gasteiger partial charge in [0.2, 0.25) is 0 Å². The molecular weight excluding hydrogens is 256 g/mol. The Morgan fingerprint density at radius 3 is 2.65 bits per heavy atom.